The molecule has 1 heterocycles. The van der Waals surface area contributed by atoms with Crippen LogP contribution in [0.25, 0.3) is 11.3 Å². The number of nitrogens with two attached hydrogens (primary N) is 1. The third-order valence-corrected chi connectivity index (χ3v) is 2.84. The van der Waals surface area contributed by atoms with Gasteiger partial charge in [-0.1, -0.05) is 12.1 Å². The number of amides is 1. The zero-order valence-electron chi connectivity index (χ0n) is 10.3. The van der Waals surface area contributed by atoms with Crippen molar-refractivity contribution in [3.63, 3.8) is 0 Å². The number of primary amides is 1. The lowest BCUT2D eigenvalue weighted by Crippen LogP contribution is -2.15. The molecule has 0 saturated carbocycles. The van der Waals surface area contributed by atoms with Crippen molar-refractivity contribution in [2.45, 2.75) is 6.92 Å². The fraction of sp³-hybridized carbons (Fsp3) is 0.250. The maximum atomic E-state index is 11.2. The number of aromatic nitrogens is 3. The molecular formula is C12H15N5O. The van der Waals surface area contributed by atoms with E-state index in [1.807, 2.05) is 31.3 Å². The molecule has 1 aromatic carbocycles. The zero-order valence-corrected chi connectivity index (χ0v) is 10.3. The summed E-state index contributed by atoms with van der Waals surface area (Å²) in [6, 6.07) is 7.73. The van der Waals surface area contributed by atoms with E-state index in [1.54, 1.807) is 0 Å². The van der Waals surface area contributed by atoms with Gasteiger partial charge in [0.2, 0.25) is 0 Å². The van der Waals surface area contributed by atoms with Gasteiger partial charge in [0.05, 0.1) is 0 Å². The molecule has 0 unspecified atom stereocenters. The predicted molar refractivity (Wildman–Crippen MR) is 69.3 cm³/mol. The van der Waals surface area contributed by atoms with E-state index in [1.165, 1.54) is 0 Å². The summed E-state index contributed by atoms with van der Waals surface area (Å²) in [6.45, 7) is 3.01. The lowest BCUT2D eigenvalue weighted by molar-refractivity contribution is 0.0996. The van der Waals surface area contributed by atoms with Crippen LogP contribution in [-0.4, -0.2) is 34.9 Å². The molecular weight excluding hydrogens is 230 g/mol. The number of aromatic amines is 1. The van der Waals surface area contributed by atoms with E-state index in [0.29, 0.717) is 5.69 Å². The first kappa shape index (κ1) is 12.1. The summed E-state index contributed by atoms with van der Waals surface area (Å²) in [6.07, 6.45) is 0. The third-order valence-electron chi connectivity index (χ3n) is 2.84. The largest absolute Gasteiger partial charge is 0.375 e. The van der Waals surface area contributed by atoms with E-state index in [0.717, 1.165) is 17.8 Å². The van der Waals surface area contributed by atoms with Gasteiger partial charge < -0.3 is 10.6 Å². The Morgan fingerprint density at radius 3 is 2.56 bits per heavy atom. The topological polar surface area (TPSA) is 87.9 Å². The Hall–Kier alpha value is -2.37. The summed E-state index contributed by atoms with van der Waals surface area (Å²) >= 11 is 0. The van der Waals surface area contributed by atoms with Crippen molar-refractivity contribution >= 4 is 11.6 Å². The number of hydrogen-bond acceptors (Lipinski definition) is 4. The van der Waals surface area contributed by atoms with Crippen LogP contribution in [0.5, 0.6) is 0 Å². The molecule has 0 saturated heterocycles. The molecule has 2 aromatic rings. The smallest absolute Gasteiger partial charge is 0.271 e. The normalized spacial score (nSPS) is 10.3. The first-order valence-electron chi connectivity index (χ1n) is 5.65. The molecule has 6 heteroatoms. The number of nitrogens with one attached hydrogen (secondary N) is 1. The van der Waals surface area contributed by atoms with Gasteiger partial charge in [0.25, 0.3) is 5.91 Å². The third kappa shape index (κ3) is 2.17. The van der Waals surface area contributed by atoms with Gasteiger partial charge in [0.1, 0.15) is 5.69 Å². The van der Waals surface area contributed by atoms with E-state index < -0.39 is 5.91 Å². The Morgan fingerprint density at radius 2 is 2.00 bits per heavy atom. The Labute approximate surface area is 105 Å². The lowest BCUT2D eigenvalue weighted by atomic mass is 10.1. The molecule has 18 heavy (non-hydrogen) atoms. The van der Waals surface area contributed by atoms with E-state index in [9.17, 15) is 4.79 Å². The van der Waals surface area contributed by atoms with Crippen LogP contribution >= 0.6 is 0 Å². The molecule has 1 amide bonds. The number of anilines is 1. The summed E-state index contributed by atoms with van der Waals surface area (Å²) < 4.78 is 0. The van der Waals surface area contributed by atoms with E-state index in [4.69, 9.17) is 5.73 Å². The summed E-state index contributed by atoms with van der Waals surface area (Å²) in [5.74, 6) is -0.589. The second kappa shape index (κ2) is 4.87. The average molecular weight is 245 g/mol. The molecule has 6 nitrogen and oxygen atoms in total. The van der Waals surface area contributed by atoms with Crippen LogP contribution in [-0.2, 0) is 0 Å². The molecule has 0 aliphatic heterocycles. The SMILES string of the molecule is CCN(C)c1ccc(-c2n[nH]nc2C(N)=O)cc1. The summed E-state index contributed by atoms with van der Waals surface area (Å²) in [7, 11) is 2.01. The number of hydrogen-bond donors (Lipinski definition) is 2. The van der Waals surface area contributed by atoms with Crippen LogP contribution < -0.4 is 10.6 Å². The highest BCUT2D eigenvalue weighted by Gasteiger charge is 2.14. The Morgan fingerprint density at radius 1 is 1.33 bits per heavy atom. The van der Waals surface area contributed by atoms with Gasteiger partial charge in [-0.2, -0.15) is 15.4 Å². The van der Waals surface area contributed by atoms with E-state index in [-0.39, 0.29) is 5.69 Å². The minimum atomic E-state index is -0.589. The first-order chi connectivity index (χ1) is 8.63. The number of rotatable bonds is 4. The molecule has 94 valence electrons. The van der Waals surface area contributed by atoms with Crippen LogP contribution in [0.1, 0.15) is 17.4 Å². The second-order valence-corrected chi connectivity index (χ2v) is 3.95. The van der Waals surface area contributed by atoms with Gasteiger partial charge in [0, 0.05) is 24.8 Å². The molecule has 0 bridgehead atoms. The Kier molecular flexibility index (Phi) is 3.27. The van der Waals surface area contributed by atoms with Gasteiger partial charge in [-0.25, -0.2) is 0 Å². The summed E-state index contributed by atoms with van der Waals surface area (Å²) in [5, 5.41) is 10.1. The monoisotopic (exact) mass is 245 g/mol. The van der Waals surface area contributed by atoms with Crippen LogP contribution in [0, 0.1) is 0 Å². The van der Waals surface area contributed by atoms with Crippen molar-refractivity contribution in [2.75, 3.05) is 18.5 Å². The number of nitrogens with zero attached hydrogens (tertiary/aromatic N) is 3. The van der Waals surface area contributed by atoms with Gasteiger partial charge in [-0.3, -0.25) is 4.79 Å². The number of carbonyl (C=O) groups excluding carboxylic acids is 1. The van der Waals surface area contributed by atoms with Gasteiger partial charge in [0.15, 0.2) is 5.69 Å². The minimum absolute atomic E-state index is 0.159. The lowest BCUT2D eigenvalue weighted by Gasteiger charge is -2.16. The highest BCUT2D eigenvalue weighted by atomic mass is 16.1. The second-order valence-electron chi connectivity index (χ2n) is 3.95. The fourth-order valence-electron chi connectivity index (χ4n) is 1.66. The highest BCUT2D eigenvalue weighted by Crippen LogP contribution is 2.22. The van der Waals surface area contributed by atoms with E-state index >= 15 is 0 Å². The minimum Gasteiger partial charge on any atom is -0.375 e. The molecule has 0 radical (unpaired) electrons. The van der Waals surface area contributed by atoms with Crippen molar-refractivity contribution in [3.05, 3.63) is 30.0 Å². The van der Waals surface area contributed by atoms with Gasteiger partial charge >= 0.3 is 0 Å². The first-order valence-corrected chi connectivity index (χ1v) is 5.65. The molecule has 0 aliphatic rings. The van der Waals surface area contributed by atoms with Crippen molar-refractivity contribution in [1.82, 2.24) is 15.4 Å². The molecule has 2 rings (SSSR count). The maximum Gasteiger partial charge on any atom is 0.271 e. The molecule has 0 spiro atoms. The molecule has 0 fully saturated rings. The van der Waals surface area contributed by atoms with Crippen LogP contribution in [0.15, 0.2) is 24.3 Å². The van der Waals surface area contributed by atoms with Crippen molar-refractivity contribution in [2.24, 2.45) is 5.73 Å². The Bertz CT molecular complexity index is 546. The molecule has 0 aliphatic carbocycles. The summed E-state index contributed by atoms with van der Waals surface area (Å²) in [4.78, 5) is 13.3. The number of H-pyrrole nitrogens is 1. The van der Waals surface area contributed by atoms with Crippen LogP contribution in [0.3, 0.4) is 0 Å². The van der Waals surface area contributed by atoms with Crippen LogP contribution in [0.2, 0.25) is 0 Å². The standard InChI is InChI=1S/C12H15N5O/c1-3-17(2)9-6-4-8(5-7-9)10-11(12(13)18)15-16-14-10/h4-7H,3H2,1-2H3,(H2,13,18)(H,14,15,16). The van der Waals surface area contributed by atoms with E-state index in [2.05, 4.69) is 27.2 Å². The predicted octanol–water partition coefficient (Wildman–Crippen LogP) is 1.03. The number of carbonyl (C=O) groups is 1. The fourth-order valence-corrected chi connectivity index (χ4v) is 1.66. The van der Waals surface area contributed by atoms with Gasteiger partial charge in [-0.15, -0.1) is 0 Å². The number of benzene rings is 1. The Balaban J connectivity index is 2.34. The highest BCUT2D eigenvalue weighted by molar-refractivity contribution is 5.96. The molecule has 1 aromatic heterocycles. The zero-order chi connectivity index (χ0) is 13.1. The van der Waals surface area contributed by atoms with Gasteiger partial charge in [-0.05, 0) is 19.1 Å². The van der Waals surface area contributed by atoms with Crippen molar-refractivity contribution < 1.29 is 4.79 Å². The average Bonchev–Trinajstić information content (AvgIpc) is 2.87. The molecule has 0 atom stereocenters. The maximum absolute atomic E-state index is 11.2. The quantitative estimate of drug-likeness (QED) is 0.842. The van der Waals surface area contributed by atoms with Crippen molar-refractivity contribution in [1.29, 1.82) is 0 Å². The van der Waals surface area contributed by atoms with Crippen molar-refractivity contribution in [3.8, 4) is 11.3 Å². The molecule has 3 N–H and O–H groups in total. The summed E-state index contributed by atoms with van der Waals surface area (Å²) in [5.41, 5.74) is 7.78. The van der Waals surface area contributed by atoms with Crippen LogP contribution in [0.4, 0.5) is 5.69 Å².